The third kappa shape index (κ3) is 6.81. The lowest BCUT2D eigenvalue weighted by Crippen LogP contribution is -2.16. The molecule has 0 atom stereocenters. The topological polar surface area (TPSA) is 72.8 Å². The summed E-state index contributed by atoms with van der Waals surface area (Å²) < 4.78 is 0. The van der Waals surface area contributed by atoms with Gasteiger partial charge < -0.3 is 4.84 Å². The van der Waals surface area contributed by atoms with E-state index < -0.39 is 5.97 Å². The summed E-state index contributed by atoms with van der Waals surface area (Å²) in [6, 6.07) is 24.0. The lowest BCUT2D eigenvalue weighted by atomic mass is 9.98. The van der Waals surface area contributed by atoms with E-state index >= 15 is 0 Å². The normalized spacial score (nSPS) is 11.1. The quantitative estimate of drug-likeness (QED) is 0.115. The van der Waals surface area contributed by atoms with Crippen molar-refractivity contribution < 1.29 is 19.2 Å². The molecule has 0 fully saturated rings. The summed E-state index contributed by atoms with van der Waals surface area (Å²) in [6.45, 7) is 2.11. The molecule has 3 rings (SSSR count). The summed E-state index contributed by atoms with van der Waals surface area (Å²) >= 11 is 0. The first-order valence-electron chi connectivity index (χ1n) is 11.2. The summed E-state index contributed by atoms with van der Waals surface area (Å²) in [6.07, 6.45) is 4.26. The number of ketones is 2. The maximum absolute atomic E-state index is 13.1. The van der Waals surface area contributed by atoms with Crippen molar-refractivity contribution in [1.82, 2.24) is 0 Å². The molecular weight excluding hydrogens is 414 g/mol. The van der Waals surface area contributed by atoms with Gasteiger partial charge in [-0.05, 0) is 25.0 Å². The van der Waals surface area contributed by atoms with Crippen LogP contribution >= 0.6 is 0 Å². The third-order valence-corrected chi connectivity index (χ3v) is 5.22. The summed E-state index contributed by atoms with van der Waals surface area (Å²) in [5.41, 5.74) is 2.03. The Balaban J connectivity index is 1.75. The second-order valence-electron chi connectivity index (χ2n) is 7.70. The van der Waals surface area contributed by atoms with Crippen LogP contribution in [0.25, 0.3) is 0 Å². The number of hydrogen-bond donors (Lipinski definition) is 0. The van der Waals surface area contributed by atoms with Crippen molar-refractivity contribution in [3.63, 3.8) is 0 Å². The highest BCUT2D eigenvalue weighted by Gasteiger charge is 2.17. The van der Waals surface area contributed by atoms with Gasteiger partial charge in [-0.2, -0.15) is 0 Å². The lowest BCUT2D eigenvalue weighted by molar-refractivity contribution is 0.0514. The molecule has 0 N–H and O–H groups in total. The predicted molar refractivity (Wildman–Crippen MR) is 129 cm³/mol. The maximum Gasteiger partial charge on any atom is 0.365 e. The minimum atomic E-state index is -0.613. The van der Waals surface area contributed by atoms with Gasteiger partial charge in [0.15, 0.2) is 5.78 Å². The minimum absolute atomic E-state index is 0.111. The van der Waals surface area contributed by atoms with Crippen molar-refractivity contribution in [2.75, 3.05) is 0 Å². The Morgan fingerprint density at radius 2 is 1.21 bits per heavy atom. The molecule has 0 amide bonds. The summed E-state index contributed by atoms with van der Waals surface area (Å²) in [5, 5.41) is 3.93. The van der Waals surface area contributed by atoms with Crippen molar-refractivity contribution in [3.05, 3.63) is 107 Å². The zero-order valence-electron chi connectivity index (χ0n) is 18.7. The van der Waals surface area contributed by atoms with Crippen molar-refractivity contribution >= 4 is 23.2 Å². The molecule has 0 bridgehead atoms. The number of hydrogen-bond acceptors (Lipinski definition) is 5. The fourth-order valence-electron chi connectivity index (χ4n) is 3.34. The van der Waals surface area contributed by atoms with Gasteiger partial charge >= 0.3 is 5.97 Å². The zero-order chi connectivity index (χ0) is 23.5. The van der Waals surface area contributed by atoms with Gasteiger partial charge in [0.2, 0.25) is 5.78 Å². The van der Waals surface area contributed by atoms with Crippen LogP contribution in [0.3, 0.4) is 0 Å². The molecule has 0 spiro atoms. The van der Waals surface area contributed by atoms with Gasteiger partial charge in [0.05, 0.1) is 5.56 Å². The molecule has 0 aliphatic carbocycles. The molecule has 0 radical (unpaired) electrons. The van der Waals surface area contributed by atoms with E-state index in [0.29, 0.717) is 28.7 Å². The first-order valence-corrected chi connectivity index (χ1v) is 11.2. The number of rotatable bonds is 11. The molecule has 33 heavy (non-hydrogen) atoms. The number of unbranched alkanes of at least 4 members (excludes halogenated alkanes) is 3. The van der Waals surface area contributed by atoms with Crippen LogP contribution < -0.4 is 0 Å². The van der Waals surface area contributed by atoms with Gasteiger partial charge in [0.25, 0.3) is 0 Å². The van der Waals surface area contributed by atoms with Gasteiger partial charge in [0.1, 0.15) is 5.71 Å². The van der Waals surface area contributed by atoms with E-state index in [1.54, 1.807) is 66.7 Å². The Labute approximate surface area is 194 Å². The predicted octanol–water partition coefficient (Wildman–Crippen LogP) is 6.28. The highest BCUT2D eigenvalue weighted by molar-refractivity contribution is 6.46. The van der Waals surface area contributed by atoms with E-state index in [-0.39, 0.29) is 17.3 Å². The van der Waals surface area contributed by atoms with Crippen molar-refractivity contribution in [2.45, 2.75) is 39.0 Å². The summed E-state index contributed by atoms with van der Waals surface area (Å²) in [4.78, 5) is 43.1. The second kappa shape index (κ2) is 12.2. The number of benzene rings is 3. The Morgan fingerprint density at radius 3 is 1.82 bits per heavy atom. The number of nitrogens with zero attached hydrogens (tertiary/aromatic N) is 1. The second-order valence-corrected chi connectivity index (χ2v) is 7.70. The molecule has 0 saturated heterocycles. The molecule has 0 saturated carbocycles. The number of carbonyl (C=O) groups is 3. The van der Waals surface area contributed by atoms with Gasteiger partial charge in [-0.15, -0.1) is 0 Å². The Hall–Kier alpha value is -3.86. The number of carbonyl (C=O) groups excluding carboxylic acids is 3. The van der Waals surface area contributed by atoms with E-state index in [1.807, 2.05) is 18.2 Å². The fraction of sp³-hybridized carbons (Fsp3) is 0.214. The Bertz CT molecular complexity index is 1100. The van der Waals surface area contributed by atoms with Crippen molar-refractivity contribution in [1.29, 1.82) is 0 Å². The van der Waals surface area contributed by atoms with Crippen LogP contribution in [0.2, 0.25) is 0 Å². The number of Topliss-reactive ketones (excluding diaryl/α,β-unsaturated/α-hetero) is 1. The van der Waals surface area contributed by atoms with Gasteiger partial charge in [-0.3, -0.25) is 9.59 Å². The summed E-state index contributed by atoms with van der Waals surface area (Å²) in [5.74, 6) is -1.04. The molecule has 0 aliphatic heterocycles. The Kier molecular flexibility index (Phi) is 8.83. The third-order valence-electron chi connectivity index (χ3n) is 5.22. The van der Waals surface area contributed by atoms with E-state index in [1.165, 1.54) is 0 Å². The largest absolute Gasteiger partial charge is 0.365 e. The average molecular weight is 442 g/mol. The van der Waals surface area contributed by atoms with Crippen LogP contribution in [0, 0.1) is 0 Å². The molecule has 3 aromatic carbocycles. The molecule has 0 aliphatic rings. The number of oxime groups is 1. The first-order chi connectivity index (χ1) is 16.1. The van der Waals surface area contributed by atoms with Gasteiger partial charge in [0, 0.05) is 16.7 Å². The van der Waals surface area contributed by atoms with Crippen molar-refractivity contribution in [3.8, 4) is 0 Å². The van der Waals surface area contributed by atoms with Crippen LogP contribution in [0.4, 0.5) is 0 Å². The monoisotopic (exact) mass is 441 g/mol. The average Bonchev–Trinajstić information content (AvgIpc) is 2.88. The van der Waals surface area contributed by atoms with E-state index in [2.05, 4.69) is 12.1 Å². The van der Waals surface area contributed by atoms with Crippen LogP contribution in [0.1, 0.15) is 75.7 Å². The maximum atomic E-state index is 13.1. The van der Waals surface area contributed by atoms with Crippen LogP contribution in [-0.2, 0) is 4.84 Å². The highest BCUT2D eigenvalue weighted by Crippen LogP contribution is 2.14. The lowest BCUT2D eigenvalue weighted by Gasteiger charge is -2.07. The highest BCUT2D eigenvalue weighted by atomic mass is 16.7. The first kappa shape index (κ1) is 23.8. The van der Waals surface area contributed by atoms with Gasteiger partial charge in [-0.25, -0.2) is 4.79 Å². The zero-order valence-corrected chi connectivity index (χ0v) is 18.7. The minimum Gasteiger partial charge on any atom is -0.312 e. The van der Waals surface area contributed by atoms with Crippen LogP contribution in [-0.4, -0.2) is 23.2 Å². The SMILES string of the molecule is CCCCCC/C(=N\OC(=O)c1ccccc1)C(=O)c1ccc(C(=O)c2ccccc2)cc1. The fourth-order valence-corrected chi connectivity index (χ4v) is 3.34. The van der Waals surface area contributed by atoms with Crippen molar-refractivity contribution in [2.24, 2.45) is 5.16 Å². The molecule has 0 aromatic heterocycles. The standard InChI is InChI=1S/C28H27NO4/c1-2-3-4-11-16-25(29-33-28(32)24-14-9-6-10-15-24)27(31)23-19-17-22(18-20-23)26(30)21-12-7-5-8-13-21/h5-10,12-15,17-20H,2-4,11,16H2,1H3/b29-25+. The molecule has 5 heteroatoms. The molecule has 3 aromatic rings. The van der Waals surface area contributed by atoms with E-state index in [0.717, 1.165) is 25.7 Å². The van der Waals surface area contributed by atoms with Gasteiger partial charge in [-0.1, -0.05) is 104 Å². The molecular formula is C28H27NO4. The van der Waals surface area contributed by atoms with Crippen LogP contribution in [0.15, 0.2) is 90.1 Å². The van der Waals surface area contributed by atoms with E-state index in [4.69, 9.17) is 4.84 Å². The molecule has 0 heterocycles. The van der Waals surface area contributed by atoms with Crippen LogP contribution in [0.5, 0.6) is 0 Å². The molecule has 5 nitrogen and oxygen atoms in total. The van der Waals surface area contributed by atoms with E-state index in [9.17, 15) is 14.4 Å². The molecule has 168 valence electrons. The Morgan fingerprint density at radius 1 is 0.667 bits per heavy atom. The smallest absolute Gasteiger partial charge is 0.312 e. The summed E-state index contributed by atoms with van der Waals surface area (Å²) in [7, 11) is 0. The molecule has 0 unspecified atom stereocenters.